The molecule has 1 fully saturated rings. The molecule has 0 spiro atoms. The zero-order valence-electron chi connectivity index (χ0n) is 12.9. The third-order valence-electron chi connectivity index (χ3n) is 4.30. The summed E-state index contributed by atoms with van der Waals surface area (Å²) in [6.07, 6.45) is 4.22. The first-order valence-electron chi connectivity index (χ1n) is 7.37. The topological polar surface area (TPSA) is 40.5 Å². The van der Waals surface area contributed by atoms with Crippen LogP contribution in [0.5, 0.6) is 0 Å². The number of aliphatic hydroxyl groups is 1. The number of carbonyl (C=O) groups is 1. The Bertz CT molecular complexity index is 312. The number of rotatable bonds is 4. The molecule has 0 saturated heterocycles. The smallest absolute Gasteiger partial charge is 0.246 e. The first kappa shape index (κ1) is 16.8. The van der Waals surface area contributed by atoms with Gasteiger partial charge in [-0.2, -0.15) is 0 Å². The Kier molecular flexibility index (Phi) is 5.30. The van der Waals surface area contributed by atoms with Crippen molar-refractivity contribution < 1.29 is 9.90 Å². The second-order valence-corrected chi connectivity index (χ2v) is 7.25. The summed E-state index contributed by atoms with van der Waals surface area (Å²) in [6.45, 7) is 9.61. The van der Waals surface area contributed by atoms with E-state index in [2.05, 4.69) is 0 Å². The van der Waals surface area contributed by atoms with Crippen LogP contribution in [0.2, 0.25) is 0 Å². The Hall–Kier alpha value is -0.280. The highest BCUT2D eigenvalue weighted by Gasteiger charge is 2.53. The maximum absolute atomic E-state index is 12.8. The first-order chi connectivity index (χ1) is 8.63. The summed E-state index contributed by atoms with van der Waals surface area (Å²) in [5, 5.41) is 10.8. The minimum atomic E-state index is -1.23. The predicted octanol–water partition coefficient (Wildman–Crippen LogP) is 3.32. The highest BCUT2D eigenvalue weighted by molar-refractivity contribution is 6.35. The first-order valence-corrected chi connectivity index (χ1v) is 7.75. The molecule has 0 aliphatic heterocycles. The Morgan fingerprint density at radius 2 is 1.58 bits per heavy atom. The highest BCUT2D eigenvalue weighted by Crippen LogP contribution is 2.42. The number of carbonyl (C=O) groups excluding carboxylic acids is 1. The Morgan fingerprint density at radius 3 is 1.95 bits per heavy atom. The number of nitrogens with zero attached hydrogens (tertiary/aromatic N) is 1. The minimum Gasteiger partial charge on any atom is -0.388 e. The number of hydrogen-bond acceptors (Lipinski definition) is 2. The van der Waals surface area contributed by atoms with Crippen molar-refractivity contribution in [2.75, 3.05) is 0 Å². The molecule has 1 N–H and O–H groups in total. The number of amides is 1. The van der Waals surface area contributed by atoms with E-state index >= 15 is 0 Å². The molecular formula is C15H28ClNO2. The summed E-state index contributed by atoms with van der Waals surface area (Å²) in [5.74, 6) is -0.149. The Balaban J connectivity index is 3.00. The molecule has 1 aliphatic rings. The highest BCUT2D eigenvalue weighted by atomic mass is 35.5. The molecule has 1 aliphatic carbocycles. The van der Waals surface area contributed by atoms with E-state index in [0.717, 1.165) is 19.3 Å². The number of alkyl halides is 1. The molecule has 0 heterocycles. The van der Waals surface area contributed by atoms with Crippen molar-refractivity contribution in [3.63, 3.8) is 0 Å². The summed E-state index contributed by atoms with van der Waals surface area (Å²) in [7, 11) is 0. The van der Waals surface area contributed by atoms with Gasteiger partial charge in [-0.15, -0.1) is 11.6 Å². The maximum atomic E-state index is 12.8. The zero-order chi connectivity index (χ0) is 14.8. The summed E-state index contributed by atoms with van der Waals surface area (Å²) >= 11 is 6.55. The van der Waals surface area contributed by atoms with Gasteiger partial charge in [0.05, 0.1) is 5.60 Å². The lowest BCUT2D eigenvalue weighted by atomic mass is 9.75. The van der Waals surface area contributed by atoms with Gasteiger partial charge in [0.1, 0.15) is 4.87 Å². The fraction of sp³-hybridized carbons (Fsp3) is 0.933. The SMILES string of the molecule is CC(C)N(C(=O)C(C)(Cl)C1(O)CCCCC1)C(C)C. The summed E-state index contributed by atoms with van der Waals surface area (Å²) < 4.78 is 0. The van der Waals surface area contributed by atoms with E-state index in [1.165, 1.54) is 0 Å². The molecule has 112 valence electrons. The van der Waals surface area contributed by atoms with Gasteiger partial charge >= 0.3 is 0 Å². The van der Waals surface area contributed by atoms with Crippen molar-refractivity contribution in [1.29, 1.82) is 0 Å². The maximum Gasteiger partial charge on any atom is 0.246 e. The van der Waals surface area contributed by atoms with Crippen LogP contribution < -0.4 is 0 Å². The second-order valence-electron chi connectivity index (χ2n) is 6.50. The van der Waals surface area contributed by atoms with Crippen LogP contribution in [0, 0.1) is 0 Å². The molecule has 0 aromatic carbocycles. The van der Waals surface area contributed by atoms with Crippen molar-refractivity contribution in [2.24, 2.45) is 0 Å². The molecule has 3 nitrogen and oxygen atoms in total. The van der Waals surface area contributed by atoms with Crippen LogP contribution in [-0.2, 0) is 4.79 Å². The molecule has 0 aromatic rings. The molecule has 4 heteroatoms. The molecule has 1 unspecified atom stereocenters. The van der Waals surface area contributed by atoms with E-state index in [1.54, 1.807) is 11.8 Å². The van der Waals surface area contributed by atoms with Gasteiger partial charge in [-0.25, -0.2) is 0 Å². The molecule has 19 heavy (non-hydrogen) atoms. The van der Waals surface area contributed by atoms with Crippen molar-refractivity contribution in [3.05, 3.63) is 0 Å². The van der Waals surface area contributed by atoms with E-state index in [0.29, 0.717) is 12.8 Å². The Labute approximate surface area is 122 Å². The summed E-state index contributed by atoms with van der Waals surface area (Å²) in [5.41, 5.74) is -1.08. The fourth-order valence-electron chi connectivity index (χ4n) is 3.11. The number of hydrogen-bond donors (Lipinski definition) is 1. The largest absolute Gasteiger partial charge is 0.388 e. The predicted molar refractivity (Wildman–Crippen MR) is 79.4 cm³/mol. The lowest BCUT2D eigenvalue weighted by Gasteiger charge is -2.46. The van der Waals surface area contributed by atoms with E-state index in [9.17, 15) is 9.90 Å². The van der Waals surface area contributed by atoms with Gasteiger partial charge in [0.15, 0.2) is 0 Å². The van der Waals surface area contributed by atoms with Crippen LogP contribution in [0.4, 0.5) is 0 Å². The van der Waals surface area contributed by atoms with Crippen LogP contribution in [0.25, 0.3) is 0 Å². The van der Waals surface area contributed by atoms with Crippen LogP contribution in [0.15, 0.2) is 0 Å². The second kappa shape index (κ2) is 6.01. The lowest BCUT2D eigenvalue weighted by molar-refractivity contribution is -0.147. The third kappa shape index (κ3) is 3.25. The van der Waals surface area contributed by atoms with E-state index in [4.69, 9.17) is 11.6 Å². The molecular weight excluding hydrogens is 262 g/mol. The van der Waals surface area contributed by atoms with Crippen LogP contribution in [0.1, 0.15) is 66.7 Å². The van der Waals surface area contributed by atoms with Crippen LogP contribution in [0.3, 0.4) is 0 Å². The van der Waals surface area contributed by atoms with Gasteiger partial charge < -0.3 is 10.0 Å². The van der Waals surface area contributed by atoms with Gasteiger partial charge in [-0.05, 0) is 47.5 Å². The molecule has 1 rings (SSSR count). The average Bonchev–Trinajstić information content (AvgIpc) is 2.28. The van der Waals surface area contributed by atoms with E-state index in [-0.39, 0.29) is 18.0 Å². The van der Waals surface area contributed by atoms with Gasteiger partial charge in [-0.1, -0.05) is 19.3 Å². The standard InChI is InChI=1S/C15H28ClNO2/c1-11(2)17(12(3)4)13(18)14(5,16)15(19)9-7-6-8-10-15/h11-12,19H,6-10H2,1-5H3. The van der Waals surface area contributed by atoms with Crippen molar-refractivity contribution >= 4 is 17.5 Å². The Morgan fingerprint density at radius 1 is 1.16 bits per heavy atom. The van der Waals surface area contributed by atoms with Crippen molar-refractivity contribution in [1.82, 2.24) is 4.90 Å². The quantitative estimate of drug-likeness (QED) is 0.807. The summed E-state index contributed by atoms with van der Waals surface area (Å²) in [6, 6.07) is 0.163. The van der Waals surface area contributed by atoms with Gasteiger partial charge in [0.2, 0.25) is 5.91 Å². The van der Waals surface area contributed by atoms with Crippen LogP contribution >= 0.6 is 11.6 Å². The van der Waals surface area contributed by atoms with Gasteiger partial charge in [-0.3, -0.25) is 4.79 Å². The molecule has 0 bridgehead atoms. The van der Waals surface area contributed by atoms with Crippen LogP contribution in [-0.4, -0.2) is 38.5 Å². The molecule has 0 aromatic heterocycles. The molecule has 0 radical (unpaired) electrons. The monoisotopic (exact) mass is 289 g/mol. The fourth-order valence-corrected chi connectivity index (χ4v) is 3.40. The normalized spacial score (nSPS) is 22.4. The lowest BCUT2D eigenvalue weighted by Crippen LogP contribution is -2.61. The van der Waals surface area contributed by atoms with E-state index < -0.39 is 10.5 Å². The van der Waals surface area contributed by atoms with Gasteiger partial charge in [0.25, 0.3) is 0 Å². The third-order valence-corrected chi connectivity index (χ3v) is 4.82. The van der Waals surface area contributed by atoms with Crippen molar-refractivity contribution in [3.8, 4) is 0 Å². The molecule has 1 amide bonds. The van der Waals surface area contributed by atoms with E-state index in [1.807, 2.05) is 27.7 Å². The van der Waals surface area contributed by atoms with Crippen molar-refractivity contribution in [2.45, 2.75) is 89.3 Å². The molecule has 1 saturated carbocycles. The van der Waals surface area contributed by atoms with Gasteiger partial charge in [0, 0.05) is 12.1 Å². The molecule has 1 atom stereocenters. The minimum absolute atomic E-state index is 0.0813. The number of halogens is 1. The summed E-state index contributed by atoms with van der Waals surface area (Å²) in [4.78, 5) is 13.3. The zero-order valence-corrected chi connectivity index (χ0v) is 13.6. The average molecular weight is 290 g/mol.